The van der Waals surface area contributed by atoms with E-state index in [0.717, 1.165) is 12.5 Å². The summed E-state index contributed by atoms with van der Waals surface area (Å²) in [5.41, 5.74) is 5.48. The van der Waals surface area contributed by atoms with E-state index in [1.807, 2.05) is 0 Å². The van der Waals surface area contributed by atoms with Crippen LogP contribution in [-0.2, 0) is 4.79 Å². The summed E-state index contributed by atoms with van der Waals surface area (Å²) in [5.74, 6) is -1.95. The van der Waals surface area contributed by atoms with Gasteiger partial charge in [-0.3, -0.25) is 0 Å². The van der Waals surface area contributed by atoms with Crippen molar-refractivity contribution in [2.75, 3.05) is 19.6 Å². The van der Waals surface area contributed by atoms with E-state index >= 15 is 0 Å². The van der Waals surface area contributed by atoms with Gasteiger partial charge in [0.25, 0.3) is 0 Å². The summed E-state index contributed by atoms with van der Waals surface area (Å²) in [5, 5.41) is 10.4. The normalized spacial score (nSPS) is 17.9. The minimum atomic E-state index is -5.08. The molecule has 1 heterocycles. The molecule has 0 aromatic carbocycles. The number of piperidine rings is 1. The van der Waals surface area contributed by atoms with Gasteiger partial charge in [0.2, 0.25) is 0 Å². The van der Waals surface area contributed by atoms with E-state index in [9.17, 15) is 13.2 Å². The van der Waals surface area contributed by atoms with Crippen LogP contribution in [0.15, 0.2) is 0 Å². The highest BCUT2D eigenvalue weighted by Crippen LogP contribution is 2.13. The van der Waals surface area contributed by atoms with E-state index in [-0.39, 0.29) is 0 Å². The first-order valence-corrected chi connectivity index (χ1v) is 4.58. The van der Waals surface area contributed by atoms with Crippen LogP contribution < -0.4 is 11.1 Å². The first-order valence-electron chi connectivity index (χ1n) is 4.58. The summed E-state index contributed by atoms with van der Waals surface area (Å²) in [4.78, 5) is 8.90. The predicted molar refractivity (Wildman–Crippen MR) is 48.3 cm³/mol. The van der Waals surface area contributed by atoms with Crippen LogP contribution in [-0.4, -0.2) is 36.9 Å². The number of hydrogen-bond acceptors (Lipinski definition) is 3. The van der Waals surface area contributed by atoms with Crippen molar-refractivity contribution in [1.82, 2.24) is 5.32 Å². The van der Waals surface area contributed by atoms with Crippen LogP contribution in [0.4, 0.5) is 13.2 Å². The van der Waals surface area contributed by atoms with Crippen molar-refractivity contribution < 1.29 is 23.1 Å². The summed E-state index contributed by atoms with van der Waals surface area (Å²) in [7, 11) is 0. The predicted octanol–water partition coefficient (Wildman–Crippen LogP) is 0.578. The van der Waals surface area contributed by atoms with Crippen LogP contribution in [0.3, 0.4) is 0 Å². The summed E-state index contributed by atoms with van der Waals surface area (Å²) in [6.45, 7) is 3.21. The molecular weight excluding hydrogens is 213 g/mol. The fourth-order valence-corrected chi connectivity index (χ4v) is 1.12. The summed E-state index contributed by atoms with van der Waals surface area (Å²) in [6, 6.07) is 0. The molecule has 1 fully saturated rings. The molecule has 1 rings (SSSR count). The number of alkyl halides is 3. The lowest BCUT2D eigenvalue weighted by atomic mass is 9.99. The topological polar surface area (TPSA) is 75.3 Å². The van der Waals surface area contributed by atoms with Crippen LogP contribution in [0.25, 0.3) is 0 Å². The zero-order chi connectivity index (χ0) is 11.9. The highest BCUT2D eigenvalue weighted by atomic mass is 19.4. The fourth-order valence-electron chi connectivity index (χ4n) is 1.12. The second kappa shape index (κ2) is 6.62. The molecular formula is C8H15F3N2O2. The van der Waals surface area contributed by atoms with E-state index < -0.39 is 12.1 Å². The van der Waals surface area contributed by atoms with Gasteiger partial charge >= 0.3 is 12.1 Å². The minimum absolute atomic E-state index is 0.802. The van der Waals surface area contributed by atoms with Gasteiger partial charge in [-0.2, -0.15) is 13.2 Å². The third-order valence-electron chi connectivity index (χ3n) is 2.03. The zero-order valence-corrected chi connectivity index (χ0v) is 8.18. The Hall–Kier alpha value is -0.820. The molecule has 0 aromatic rings. The largest absolute Gasteiger partial charge is 0.490 e. The Balaban J connectivity index is 0.000000265. The molecule has 4 N–H and O–H groups in total. The first-order chi connectivity index (χ1) is 6.88. The van der Waals surface area contributed by atoms with Gasteiger partial charge in [0.1, 0.15) is 0 Å². The van der Waals surface area contributed by atoms with Crippen LogP contribution in [0.2, 0.25) is 0 Å². The smallest absolute Gasteiger partial charge is 0.475 e. The Kier molecular flexibility index (Phi) is 6.26. The second-order valence-corrected chi connectivity index (χ2v) is 3.23. The van der Waals surface area contributed by atoms with Gasteiger partial charge in [0.05, 0.1) is 0 Å². The van der Waals surface area contributed by atoms with Gasteiger partial charge in [-0.05, 0) is 38.4 Å². The molecule has 0 atom stereocenters. The summed E-state index contributed by atoms with van der Waals surface area (Å²) < 4.78 is 31.7. The molecule has 90 valence electrons. The molecule has 15 heavy (non-hydrogen) atoms. The highest BCUT2D eigenvalue weighted by Gasteiger charge is 2.38. The van der Waals surface area contributed by atoms with Gasteiger partial charge in [-0.15, -0.1) is 0 Å². The Bertz CT molecular complexity index is 191. The lowest BCUT2D eigenvalue weighted by Gasteiger charge is -2.20. The average molecular weight is 228 g/mol. The van der Waals surface area contributed by atoms with Gasteiger partial charge in [0.15, 0.2) is 0 Å². The second-order valence-electron chi connectivity index (χ2n) is 3.23. The molecule has 0 unspecified atom stereocenters. The Morgan fingerprint density at radius 3 is 2.00 bits per heavy atom. The number of carboxylic acids is 1. The van der Waals surface area contributed by atoms with Gasteiger partial charge < -0.3 is 16.2 Å². The van der Waals surface area contributed by atoms with Gasteiger partial charge in [-0.1, -0.05) is 0 Å². The number of hydrogen-bond donors (Lipinski definition) is 3. The molecule has 0 saturated carbocycles. The standard InChI is InChI=1S/C6H14N2.C2HF3O2/c7-5-6-1-3-8-4-2-6;3-2(4,5)1(6)7/h6,8H,1-5,7H2;(H,6,7). The van der Waals surface area contributed by atoms with Crippen molar-refractivity contribution in [2.45, 2.75) is 19.0 Å². The first kappa shape index (κ1) is 14.2. The molecule has 0 amide bonds. The molecule has 0 radical (unpaired) electrons. The lowest BCUT2D eigenvalue weighted by Crippen LogP contribution is -2.31. The summed E-state index contributed by atoms with van der Waals surface area (Å²) in [6.07, 6.45) is -2.53. The molecule has 0 aliphatic carbocycles. The van der Waals surface area contributed by atoms with Crippen molar-refractivity contribution in [2.24, 2.45) is 11.7 Å². The van der Waals surface area contributed by atoms with Crippen molar-refractivity contribution >= 4 is 5.97 Å². The van der Waals surface area contributed by atoms with Gasteiger partial charge in [-0.25, -0.2) is 4.79 Å². The number of carbonyl (C=O) groups is 1. The van der Waals surface area contributed by atoms with Gasteiger partial charge in [0, 0.05) is 0 Å². The molecule has 4 nitrogen and oxygen atoms in total. The molecule has 0 spiro atoms. The molecule has 1 aliphatic rings. The number of nitrogens with one attached hydrogen (secondary N) is 1. The van der Waals surface area contributed by atoms with Crippen LogP contribution in [0, 0.1) is 5.92 Å². The Morgan fingerprint density at radius 2 is 1.80 bits per heavy atom. The maximum atomic E-state index is 10.6. The maximum absolute atomic E-state index is 10.6. The fraction of sp³-hybridized carbons (Fsp3) is 0.875. The molecule has 0 aromatic heterocycles. The average Bonchev–Trinajstić information content (AvgIpc) is 2.18. The number of aliphatic carboxylic acids is 1. The quantitative estimate of drug-likeness (QED) is 0.613. The van der Waals surface area contributed by atoms with E-state index in [1.165, 1.54) is 25.9 Å². The molecule has 0 bridgehead atoms. The molecule has 1 saturated heterocycles. The van der Waals surface area contributed by atoms with Crippen LogP contribution in [0.5, 0.6) is 0 Å². The maximum Gasteiger partial charge on any atom is 0.490 e. The van der Waals surface area contributed by atoms with Crippen molar-refractivity contribution in [1.29, 1.82) is 0 Å². The van der Waals surface area contributed by atoms with E-state index in [2.05, 4.69) is 5.32 Å². The zero-order valence-electron chi connectivity index (χ0n) is 8.18. The highest BCUT2D eigenvalue weighted by molar-refractivity contribution is 5.73. The number of halogens is 3. The summed E-state index contributed by atoms with van der Waals surface area (Å²) >= 11 is 0. The molecule has 1 aliphatic heterocycles. The van der Waals surface area contributed by atoms with E-state index in [0.29, 0.717) is 0 Å². The minimum Gasteiger partial charge on any atom is -0.475 e. The number of carboxylic acid groups (broad SMARTS) is 1. The third-order valence-corrected chi connectivity index (χ3v) is 2.03. The number of rotatable bonds is 1. The van der Waals surface area contributed by atoms with E-state index in [4.69, 9.17) is 15.6 Å². The van der Waals surface area contributed by atoms with Crippen LogP contribution in [0.1, 0.15) is 12.8 Å². The van der Waals surface area contributed by atoms with Crippen molar-refractivity contribution in [3.8, 4) is 0 Å². The monoisotopic (exact) mass is 228 g/mol. The lowest BCUT2D eigenvalue weighted by molar-refractivity contribution is -0.192. The van der Waals surface area contributed by atoms with Crippen molar-refractivity contribution in [3.05, 3.63) is 0 Å². The SMILES string of the molecule is NCC1CCNCC1.O=C(O)C(F)(F)F. The van der Waals surface area contributed by atoms with E-state index in [1.54, 1.807) is 0 Å². The number of nitrogens with two attached hydrogens (primary N) is 1. The Morgan fingerprint density at radius 1 is 1.40 bits per heavy atom. The van der Waals surface area contributed by atoms with Crippen LogP contribution >= 0.6 is 0 Å². The van der Waals surface area contributed by atoms with Crippen molar-refractivity contribution in [3.63, 3.8) is 0 Å². The molecule has 7 heteroatoms. The third kappa shape index (κ3) is 7.15. The Labute approximate surface area is 85.6 Å².